The van der Waals surface area contributed by atoms with Crippen molar-refractivity contribution in [3.05, 3.63) is 60.2 Å². The van der Waals surface area contributed by atoms with Crippen molar-refractivity contribution in [2.24, 2.45) is 0 Å². The molecule has 0 bridgehead atoms. The number of hydrogen-bond donors (Lipinski definition) is 1. The maximum absolute atomic E-state index is 5.54. The van der Waals surface area contributed by atoms with Crippen LogP contribution in [-0.4, -0.2) is 12.6 Å². The molecule has 0 aliphatic rings. The summed E-state index contributed by atoms with van der Waals surface area (Å²) in [6.45, 7) is 4.92. The van der Waals surface area contributed by atoms with Crippen LogP contribution in [0.1, 0.15) is 25.8 Å². The van der Waals surface area contributed by atoms with Crippen molar-refractivity contribution in [2.45, 2.75) is 32.7 Å². The molecule has 1 N–H and O–H groups in total. The summed E-state index contributed by atoms with van der Waals surface area (Å²) in [5, 5.41) is 3.60. The molecular weight excluding hydrogens is 246 g/mol. The molecular formula is C18H23NO. The Labute approximate surface area is 121 Å². The van der Waals surface area contributed by atoms with Crippen LogP contribution in [0.25, 0.3) is 0 Å². The van der Waals surface area contributed by atoms with E-state index >= 15 is 0 Å². The summed E-state index contributed by atoms with van der Waals surface area (Å²) in [7, 11) is 0. The van der Waals surface area contributed by atoms with E-state index < -0.39 is 0 Å². The number of anilines is 1. The zero-order valence-corrected chi connectivity index (χ0v) is 12.3. The highest BCUT2D eigenvalue weighted by Crippen LogP contribution is 2.19. The predicted octanol–water partition coefficient (Wildman–Crippen LogP) is 4.52. The van der Waals surface area contributed by atoms with Gasteiger partial charge in [0, 0.05) is 17.8 Å². The van der Waals surface area contributed by atoms with Crippen LogP contribution >= 0.6 is 0 Å². The minimum absolute atomic E-state index is 0.439. The quantitative estimate of drug-likeness (QED) is 0.798. The van der Waals surface area contributed by atoms with Crippen molar-refractivity contribution < 1.29 is 4.74 Å². The van der Waals surface area contributed by atoms with E-state index in [9.17, 15) is 0 Å². The van der Waals surface area contributed by atoms with Crippen molar-refractivity contribution >= 4 is 5.69 Å². The highest BCUT2D eigenvalue weighted by atomic mass is 16.5. The Morgan fingerprint density at radius 3 is 2.50 bits per heavy atom. The first-order valence-electron chi connectivity index (χ1n) is 7.35. The molecule has 2 aromatic carbocycles. The van der Waals surface area contributed by atoms with Crippen molar-refractivity contribution in [2.75, 3.05) is 11.9 Å². The van der Waals surface area contributed by atoms with Gasteiger partial charge >= 0.3 is 0 Å². The molecule has 0 spiro atoms. The number of rotatable bonds is 7. The van der Waals surface area contributed by atoms with Crippen molar-refractivity contribution in [3.8, 4) is 5.75 Å². The molecule has 106 valence electrons. The van der Waals surface area contributed by atoms with Crippen LogP contribution in [0.15, 0.2) is 54.6 Å². The summed E-state index contributed by atoms with van der Waals surface area (Å²) < 4.78 is 5.54. The van der Waals surface area contributed by atoms with Crippen LogP contribution in [0.2, 0.25) is 0 Å². The summed E-state index contributed by atoms with van der Waals surface area (Å²) in [6, 6.07) is 19.2. The van der Waals surface area contributed by atoms with Crippen LogP contribution in [0.3, 0.4) is 0 Å². The zero-order valence-electron chi connectivity index (χ0n) is 12.3. The SMILES string of the molecule is CCOc1cccc(NC(CC)Cc2ccccc2)c1. The molecule has 1 unspecified atom stereocenters. The number of hydrogen-bond acceptors (Lipinski definition) is 2. The second-order valence-corrected chi connectivity index (χ2v) is 4.90. The fourth-order valence-electron chi connectivity index (χ4n) is 2.27. The molecule has 0 fully saturated rings. The van der Waals surface area contributed by atoms with Crippen LogP contribution in [0.4, 0.5) is 5.69 Å². The highest BCUT2D eigenvalue weighted by Gasteiger charge is 2.07. The van der Waals surface area contributed by atoms with Gasteiger partial charge in [-0.05, 0) is 37.5 Å². The average molecular weight is 269 g/mol. The lowest BCUT2D eigenvalue weighted by molar-refractivity contribution is 0.340. The van der Waals surface area contributed by atoms with Crippen LogP contribution in [0, 0.1) is 0 Å². The van der Waals surface area contributed by atoms with Gasteiger partial charge in [0.05, 0.1) is 6.61 Å². The topological polar surface area (TPSA) is 21.3 Å². The molecule has 2 aromatic rings. The molecule has 0 aromatic heterocycles. The third kappa shape index (κ3) is 4.30. The molecule has 2 nitrogen and oxygen atoms in total. The summed E-state index contributed by atoms with van der Waals surface area (Å²) in [4.78, 5) is 0. The Hall–Kier alpha value is -1.96. The molecule has 0 amide bonds. The van der Waals surface area contributed by atoms with E-state index in [0.29, 0.717) is 12.6 Å². The van der Waals surface area contributed by atoms with Gasteiger partial charge in [0.25, 0.3) is 0 Å². The fourth-order valence-corrected chi connectivity index (χ4v) is 2.27. The maximum atomic E-state index is 5.54. The molecule has 0 heterocycles. The van der Waals surface area contributed by atoms with Gasteiger partial charge in [-0.15, -0.1) is 0 Å². The van der Waals surface area contributed by atoms with E-state index in [2.05, 4.69) is 54.7 Å². The van der Waals surface area contributed by atoms with Gasteiger partial charge in [-0.3, -0.25) is 0 Å². The first kappa shape index (κ1) is 14.4. The van der Waals surface area contributed by atoms with Crippen molar-refractivity contribution in [3.63, 3.8) is 0 Å². The second kappa shape index (κ2) is 7.59. The summed E-state index contributed by atoms with van der Waals surface area (Å²) in [5.41, 5.74) is 2.49. The number of ether oxygens (including phenoxy) is 1. The summed E-state index contributed by atoms with van der Waals surface area (Å²) >= 11 is 0. The lowest BCUT2D eigenvalue weighted by Crippen LogP contribution is -2.21. The number of nitrogens with one attached hydrogen (secondary N) is 1. The van der Waals surface area contributed by atoms with Crippen LogP contribution in [-0.2, 0) is 6.42 Å². The van der Waals surface area contributed by atoms with Gasteiger partial charge in [0.1, 0.15) is 5.75 Å². The van der Waals surface area contributed by atoms with Crippen LogP contribution in [0.5, 0.6) is 5.75 Å². The smallest absolute Gasteiger partial charge is 0.121 e. The predicted molar refractivity (Wildman–Crippen MR) is 85.5 cm³/mol. The first-order valence-corrected chi connectivity index (χ1v) is 7.35. The van der Waals surface area contributed by atoms with E-state index in [-0.39, 0.29) is 0 Å². The van der Waals surface area contributed by atoms with Gasteiger partial charge < -0.3 is 10.1 Å². The summed E-state index contributed by atoms with van der Waals surface area (Å²) in [6.07, 6.45) is 2.13. The minimum Gasteiger partial charge on any atom is -0.494 e. The van der Waals surface area contributed by atoms with E-state index in [1.165, 1.54) is 5.56 Å². The van der Waals surface area contributed by atoms with Crippen molar-refractivity contribution in [1.82, 2.24) is 0 Å². The molecule has 0 radical (unpaired) electrons. The van der Waals surface area contributed by atoms with Gasteiger partial charge in [-0.25, -0.2) is 0 Å². The normalized spacial score (nSPS) is 11.9. The van der Waals surface area contributed by atoms with E-state index in [4.69, 9.17) is 4.74 Å². The monoisotopic (exact) mass is 269 g/mol. The third-order valence-corrected chi connectivity index (χ3v) is 3.33. The molecule has 0 saturated heterocycles. The largest absolute Gasteiger partial charge is 0.494 e. The Kier molecular flexibility index (Phi) is 5.48. The van der Waals surface area contributed by atoms with Gasteiger partial charge in [-0.1, -0.05) is 43.3 Å². The zero-order chi connectivity index (χ0) is 14.2. The lowest BCUT2D eigenvalue weighted by Gasteiger charge is -2.19. The molecule has 2 heteroatoms. The molecule has 0 saturated carbocycles. The van der Waals surface area contributed by atoms with Gasteiger partial charge in [0.2, 0.25) is 0 Å². The Bertz CT molecular complexity index is 510. The molecule has 2 rings (SSSR count). The molecule has 20 heavy (non-hydrogen) atoms. The van der Waals surface area contributed by atoms with E-state index in [1.54, 1.807) is 0 Å². The summed E-state index contributed by atoms with van der Waals surface area (Å²) in [5.74, 6) is 0.923. The minimum atomic E-state index is 0.439. The van der Waals surface area contributed by atoms with Gasteiger partial charge in [-0.2, -0.15) is 0 Å². The van der Waals surface area contributed by atoms with Crippen molar-refractivity contribution in [1.29, 1.82) is 0 Å². The fraction of sp³-hybridized carbons (Fsp3) is 0.333. The molecule has 0 aliphatic heterocycles. The number of benzene rings is 2. The maximum Gasteiger partial charge on any atom is 0.121 e. The average Bonchev–Trinajstić information content (AvgIpc) is 2.48. The van der Waals surface area contributed by atoms with Crippen LogP contribution < -0.4 is 10.1 Å². The van der Waals surface area contributed by atoms with E-state index in [0.717, 1.165) is 24.3 Å². The molecule has 0 aliphatic carbocycles. The Balaban J connectivity index is 2.00. The molecule has 1 atom stereocenters. The second-order valence-electron chi connectivity index (χ2n) is 4.90. The Morgan fingerprint density at radius 2 is 1.80 bits per heavy atom. The lowest BCUT2D eigenvalue weighted by atomic mass is 10.0. The third-order valence-electron chi connectivity index (χ3n) is 3.33. The first-order chi connectivity index (χ1) is 9.81. The Morgan fingerprint density at radius 1 is 1.00 bits per heavy atom. The highest BCUT2D eigenvalue weighted by molar-refractivity contribution is 5.49. The van der Waals surface area contributed by atoms with E-state index in [1.807, 2.05) is 19.1 Å². The van der Waals surface area contributed by atoms with Gasteiger partial charge in [0.15, 0.2) is 0 Å². The standard InChI is InChI=1S/C18H23NO/c1-3-16(13-15-9-6-5-7-10-15)19-17-11-8-12-18(14-17)20-4-2/h5-12,14,16,19H,3-4,13H2,1-2H3.